The lowest BCUT2D eigenvalue weighted by atomic mass is 9.99. The van der Waals surface area contributed by atoms with E-state index in [-0.39, 0.29) is 30.4 Å². The Bertz CT molecular complexity index is 1330. The van der Waals surface area contributed by atoms with Gasteiger partial charge in [-0.3, -0.25) is 4.57 Å². The highest BCUT2D eigenvalue weighted by Crippen LogP contribution is 2.43. The summed E-state index contributed by atoms with van der Waals surface area (Å²) in [7, 11) is 0. The number of carboxylic acids is 1. The van der Waals surface area contributed by atoms with Gasteiger partial charge in [0.05, 0.1) is 16.8 Å². The SMILES string of the molecule is Cc1noc(C)c1-c1ccc2[nH]c(=O)n3c2c1OCC3c1cccnc1C(=O)O.Cl. The first-order valence-electron chi connectivity index (χ1n) is 8.99. The Balaban J connectivity index is 0.00000218. The first-order valence-corrected chi connectivity index (χ1v) is 8.99. The summed E-state index contributed by atoms with van der Waals surface area (Å²) in [4.78, 5) is 31.2. The molecule has 5 rings (SSSR count). The number of aryl methyl sites for hydroxylation is 2. The van der Waals surface area contributed by atoms with Crippen LogP contribution in [0.3, 0.4) is 0 Å². The summed E-state index contributed by atoms with van der Waals surface area (Å²) in [6.45, 7) is 3.75. The van der Waals surface area contributed by atoms with Gasteiger partial charge < -0.3 is 19.4 Å². The molecule has 4 aromatic rings. The summed E-state index contributed by atoms with van der Waals surface area (Å²) >= 11 is 0. The van der Waals surface area contributed by atoms with Gasteiger partial charge in [0.25, 0.3) is 0 Å². The van der Waals surface area contributed by atoms with Crippen LogP contribution in [-0.4, -0.2) is 37.4 Å². The quantitative estimate of drug-likeness (QED) is 0.513. The summed E-state index contributed by atoms with van der Waals surface area (Å²) in [6, 6.07) is 6.33. The fraction of sp³-hybridized carbons (Fsp3) is 0.200. The van der Waals surface area contributed by atoms with Crippen LogP contribution in [0.25, 0.3) is 22.2 Å². The summed E-state index contributed by atoms with van der Waals surface area (Å²) in [5, 5.41) is 13.5. The summed E-state index contributed by atoms with van der Waals surface area (Å²) in [5.74, 6) is 0.0247. The molecule has 0 aliphatic carbocycles. The smallest absolute Gasteiger partial charge is 0.354 e. The largest absolute Gasteiger partial charge is 0.488 e. The topological polar surface area (TPSA) is 123 Å². The van der Waals surface area contributed by atoms with Crippen LogP contribution in [0.1, 0.15) is 33.5 Å². The Morgan fingerprint density at radius 1 is 1.30 bits per heavy atom. The molecule has 0 saturated heterocycles. The zero-order valence-corrected chi connectivity index (χ0v) is 16.8. The van der Waals surface area contributed by atoms with E-state index in [2.05, 4.69) is 15.1 Å². The maximum atomic E-state index is 12.8. The lowest BCUT2D eigenvalue weighted by Crippen LogP contribution is -2.32. The van der Waals surface area contributed by atoms with E-state index in [1.165, 1.54) is 6.20 Å². The molecule has 30 heavy (non-hydrogen) atoms. The second-order valence-electron chi connectivity index (χ2n) is 6.91. The van der Waals surface area contributed by atoms with Crippen molar-refractivity contribution in [3.05, 3.63) is 63.7 Å². The second kappa shape index (κ2) is 7.03. The monoisotopic (exact) mass is 428 g/mol. The normalized spacial score (nSPS) is 14.9. The highest BCUT2D eigenvalue weighted by atomic mass is 35.5. The van der Waals surface area contributed by atoms with Crippen LogP contribution in [0.5, 0.6) is 5.75 Å². The summed E-state index contributed by atoms with van der Waals surface area (Å²) in [6.07, 6.45) is 1.41. The molecule has 1 aromatic carbocycles. The maximum Gasteiger partial charge on any atom is 0.354 e. The molecule has 1 unspecified atom stereocenters. The van der Waals surface area contributed by atoms with Crippen molar-refractivity contribution >= 4 is 29.4 Å². The molecule has 154 valence electrons. The predicted molar refractivity (Wildman–Crippen MR) is 110 cm³/mol. The average molecular weight is 429 g/mol. The first-order chi connectivity index (χ1) is 14.0. The van der Waals surface area contributed by atoms with E-state index < -0.39 is 12.0 Å². The number of halogens is 1. The van der Waals surface area contributed by atoms with Crippen molar-refractivity contribution in [2.75, 3.05) is 6.61 Å². The third-order valence-corrected chi connectivity index (χ3v) is 5.23. The van der Waals surface area contributed by atoms with Gasteiger partial charge >= 0.3 is 11.7 Å². The molecular formula is C20H17ClN4O5. The van der Waals surface area contributed by atoms with E-state index in [0.717, 1.165) is 11.1 Å². The number of aromatic amines is 1. The van der Waals surface area contributed by atoms with Gasteiger partial charge in [-0.15, -0.1) is 12.4 Å². The van der Waals surface area contributed by atoms with Crippen molar-refractivity contribution in [2.45, 2.75) is 19.9 Å². The average Bonchev–Trinajstić information content (AvgIpc) is 3.23. The standard InChI is InChI=1S/C20H16N4O5.ClH/c1-9-15(10(2)29-23-9)12-5-6-13-17-18(12)28-8-14(24(17)20(27)22-13)11-4-3-7-21-16(11)19(25)26;/h3-7,14H,8H2,1-2H3,(H,22,27)(H,25,26);1H. The van der Waals surface area contributed by atoms with Gasteiger partial charge in [0.2, 0.25) is 0 Å². The molecule has 9 nitrogen and oxygen atoms in total. The van der Waals surface area contributed by atoms with Crippen molar-refractivity contribution in [1.29, 1.82) is 0 Å². The number of hydrogen-bond donors (Lipinski definition) is 2. The van der Waals surface area contributed by atoms with Crippen molar-refractivity contribution in [1.82, 2.24) is 19.7 Å². The minimum atomic E-state index is -1.16. The number of nitrogens with one attached hydrogen (secondary N) is 1. The van der Waals surface area contributed by atoms with Crippen molar-refractivity contribution < 1.29 is 19.2 Å². The highest BCUT2D eigenvalue weighted by molar-refractivity contribution is 5.93. The van der Waals surface area contributed by atoms with Crippen LogP contribution < -0.4 is 10.4 Å². The molecule has 10 heteroatoms. The zero-order valence-electron chi connectivity index (χ0n) is 16.0. The zero-order chi connectivity index (χ0) is 20.3. The molecule has 1 atom stereocenters. The fourth-order valence-corrected chi connectivity index (χ4v) is 4.03. The second-order valence-corrected chi connectivity index (χ2v) is 6.91. The van der Waals surface area contributed by atoms with Gasteiger partial charge in [-0.2, -0.15) is 0 Å². The van der Waals surface area contributed by atoms with Gasteiger partial charge in [0.1, 0.15) is 23.9 Å². The number of carbonyl (C=O) groups is 1. The van der Waals surface area contributed by atoms with E-state index in [1.54, 1.807) is 22.8 Å². The Kier molecular flexibility index (Phi) is 4.62. The van der Waals surface area contributed by atoms with E-state index in [1.807, 2.05) is 19.9 Å². The number of H-pyrrole nitrogens is 1. The van der Waals surface area contributed by atoms with Gasteiger partial charge in [-0.25, -0.2) is 14.6 Å². The number of ether oxygens (including phenoxy) is 1. The molecule has 3 aromatic heterocycles. The predicted octanol–water partition coefficient (Wildman–Crippen LogP) is 3.10. The number of pyridine rings is 1. The Morgan fingerprint density at radius 3 is 2.80 bits per heavy atom. The lowest BCUT2D eigenvalue weighted by molar-refractivity contribution is 0.0687. The van der Waals surface area contributed by atoms with Crippen LogP contribution in [0.2, 0.25) is 0 Å². The number of aromatic carboxylic acids is 1. The van der Waals surface area contributed by atoms with Crippen LogP contribution in [-0.2, 0) is 0 Å². The molecule has 1 aliphatic rings. The van der Waals surface area contributed by atoms with Gasteiger partial charge in [0.15, 0.2) is 11.4 Å². The first kappa shape index (κ1) is 19.7. The number of hydrogen-bond acceptors (Lipinski definition) is 6. The fourth-order valence-electron chi connectivity index (χ4n) is 4.03. The number of carboxylic acid groups (broad SMARTS) is 1. The minimum Gasteiger partial charge on any atom is -0.488 e. The minimum absolute atomic E-state index is 0. The number of aromatic nitrogens is 4. The molecule has 0 radical (unpaired) electrons. The summed E-state index contributed by atoms with van der Waals surface area (Å²) < 4.78 is 12.9. The van der Waals surface area contributed by atoms with Crippen LogP contribution in [0.15, 0.2) is 39.8 Å². The number of imidazole rings is 1. The number of benzene rings is 1. The van der Waals surface area contributed by atoms with Crippen molar-refractivity contribution in [2.24, 2.45) is 0 Å². The number of rotatable bonds is 3. The van der Waals surface area contributed by atoms with Crippen LogP contribution >= 0.6 is 12.4 Å². The lowest BCUT2D eigenvalue weighted by Gasteiger charge is -2.27. The van der Waals surface area contributed by atoms with Gasteiger partial charge in [-0.05, 0) is 32.0 Å². The Morgan fingerprint density at radius 2 is 2.10 bits per heavy atom. The molecule has 1 aliphatic heterocycles. The van der Waals surface area contributed by atoms with Crippen molar-refractivity contribution in [3.63, 3.8) is 0 Å². The molecule has 0 amide bonds. The molecule has 0 bridgehead atoms. The molecule has 0 saturated carbocycles. The Hall–Kier alpha value is -3.59. The molecule has 0 fully saturated rings. The van der Waals surface area contributed by atoms with E-state index >= 15 is 0 Å². The van der Waals surface area contributed by atoms with Gasteiger partial charge in [-0.1, -0.05) is 11.2 Å². The van der Waals surface area contributed by atoms with Crippen LogP contribution in [0, 0.1) is 13.8 Å². The molecular weight excluding hydrogens is 412 g/mol. The van der Waals surface area contributed by atoms with Crippen LogP contribution in [0.4, 0.5) is 0 Å². The Labute approximate surface area is 175 Å². The highest BCUT2D eigenvalue weighted by Gasteiger charge is 2.32. The third-order valence-electron chi connectivity index (χ3n) is 5.23. The van der Waals surface area contributed by atoms with Crippen molar-refractivity contribution in [3.8, 4) is 16.9 Å². The molecule has 4 heterocycles. The van der Waals surface area contributed by atoms with E-state index in [4.69, 9.17) is 9.26 Å². The van der Waals surface area contributed by atoms with Gasteiger partial charge in [0, 0.05) is 17.3 Å². The van der Waals surface area contributed by atoms with E-state index in [9.17, 15) is 14.7 Å². The number of nitrogens with zero attached hydrogens (tertiary/aromatic N) is 3. The maximum absolute atomic E-state index is 12.8. The van der Waals surface area contributed by atoms with E-state index in [0.29, 0.717) is 33.8 Å². The molecule has 0 spiro atoms. The molecule has 2 N–H and O–H groups in total. The summed E-state index contributed by atoms with van der Waals surface area (Å²) in [5.41, 5.74) is 3.44. The third kappa shape index (κ3) is 2.70.